The lowest BCUT2D eigenvalue weighted by Crippen LogP contribution is -2.42. The molecular weight excluding hydrogens is 315 g/mol. The minimum absolute atomic E-state index is 0.116. The van der Waals surface area contributed by atoms with Gasteiger partial charge in [-0.2, -0.15) is 0 Å². The number of hydrogen-bond donors (Lipinski definition) is 2. The fourth-order valence-electron chi connectivity index (χ4n) is 1.75. The highest BCUT2D eigenvalue weighted by molar-refractivity contribution is 7.99. The minimum atomic E-state index is -1.62. The second-order valence-corrected chi connectivity index (χ2v) is 6.16. The number of hydrogen-bond acceptors (Lipinski definition) is 3. The summed E-state index contributed by atoms with van der Waals surface area (Å²) in [6, 6.07) is 13.2. The molecule has 0 saturated heterocycles. The van der Waals surface area contributed by atoms with Crippen molar-refractivity contribution in [3.63, 3.8) is 0 Å². The van der Waals surface area contributed by atoms with Crippen molar-refractivity contribution in [2.24, 2.45) is 0 Å². The highest BCUT2D eigenvalue weighted by Crippen LogP contribution is 2.25. The van der Waals surface area contributed by atoms with Crippen molar-refractivity contribution in [3.8, 4) is 0 Å². The lowest BCUT2D eigenvalue weighted by Gasteiger charge is -2.22. The topological polar surface area (TPSA) is 53.7 Å². The van der Waals surface area contributed by atoms with Crippen molar-refractivity contribution >= 4 is 29.0 Å². The Kier molecular flexibility index (Phi) is 5.37. The first kappa shape index (κ1) is 17.0. The Morgan fingerprint density at radius 3 is 2.65 bits per heavy atom. The number of rotatable bonds is 5. The summed E-state index contributed by atoms with van der Waals surface area (Å²) in [6.45, 7) is 8.19. The molecule has 0 fully saturated rings. The molecule has 1 amide bonds. The summed E-state index contributed by atoms with van der Waals surface area (Å²) < 4.78 is 13.5. The molecule has 0 aliphatic heterocycles. The number of halogens is 1. The average Bonchev–Trinajstić information content (AvgIpc) is 2.54. The van der Waals surface area contributed by atoms with Crippen LogP contribution in [0.15, 0.2) is 53.4 Å². The number of amides is 1. The molecule has 0 bridgehead atoms. The van der Waals surface area contributed by atoms with Gasteiger partial charge in [0.1, 0.15) is 11.4 Å². The van der Waals surface area contributed by atoms with Crippen molar-refractivity contribution in [1.29, 1.82) is 0 Å². The van der Waals surface area contributed by atoms with E-state index in [0.717, 1.165) is 11.0 Å². The van der Waals surface area contributed by atoms with Crippen LogP contribution in [0.1, 0.15) is 6.92 Å². The zero-order valence-electron chi connectivity index (χ0n) is 12.4. The van der Waals surface area contributed by atoms with Crippen molar-refractivity contribution in [1.82, 2.24) is 0 Å². The normalized spacial score (nSPS) is 13.0. The quantitative estimate of drug-likeness (QED) is 0.646. The Bertz CT molecular complexity index is 742. The molecule has 2 aromatic rings. The number of carbonyl (C=O) groups is 1. The lowest BCUT2D eigenvalue weighted by atomic mass is 10.1. The predicted octanol–water partition coefficient (Wildman–Crippen LogP) is 3.86. The number of thioether (sulfide) groups is 1. The fourth-order valence-corrected chi connectivity index (χ4v) is 2.68. The van der Waals surface area contributed by atoms with Crippen LogP contribution in [0.25, 0.3) is 4.85 Å². The molecule has 4 nitrogen and oxygen atoms in total. The first-order valence-corrected chi connectivity index (χ1v) is 7.79. The number of aliphatic hydroxyl groups is 1. The molecule has 0 aliphatic rings. The third-order valence-corrected chi connectivity index (χ3v) is 4.39. The summed E-state index contributed by atoms with van der Waals surface area (Å²) in [4.78, 5) is 16.1. The summed E-state index contributed by atoms with van der Waals surface area (Å²) in [6.07, 6.45) is 0. The van der Waals surface area contributed by atoms with E-state index in [9.17, 15) is 14.3 Å². The lowest BCUT2D eigenvalue weighted by molar-refractivity contribution is -0.130. The Labute approximate surface area is 138 Å². The molecule has 0 saturated carbocycles. The van der Waals surface area contributed by atoms with Crippen LogP contribution in [0.2, 0.25) is 0 Å². The van der Waals surface area contributed by atoms with E-state index in [1.54, 1.807) is 0 Å². The van der Waals surface area contributed by atoms with Gasteiger partial charge in [-0.3, -0.25) is 4.79 Å². The number of anilines is 1. The molecule has 0 spiro atoms. The van der Waals surface area contributed by atoms with E-state index < -0.39 is 17.3 Å². The summed E-state index contributed by atoms with van der Waals surface area (Å²) in [5.41, 5.74) is -1.53. The largest absolute Gasteiger partial charge is 0.379 e. The van der Waals surface area contributed by atoms with Gasteiger partial charge >= 0.3 is 0 Å². The van der Waals surface area contributed by atoms with Crippen molar-refractivity contribution in [2.45, 2.75) is 17.4 Å². The minimum Gasteiger partial charge on any atom is -0.379 e. The molecule has 6 heteroatoms. The van der Waals surface area contributed by atoms with Gasteiger partial charge in [0.25, 0.3) is 5.91 Å². The molecule has 0 unspecified atom stereocenters. The molecule has 0 aliphatic carbocycles. The van der Waals surface area contributed by atoms with E-state index in [1.165, 1.54) is 30.8 Å². The first-order chi connectivity index (χ1) is 10.9. The van der Waals surface area contributed by atoms with E-state index >= 15 is 0 Å². The van der Waals surface area contributed by atoms with Crippen molar-refractivity contribution in [3.05, 3.63) is 65.8 Å². The monoisotopic (exact) mass is 330 g/mol. The van der Waals surface area contributed by atoms with Crippen LogP contribution in [-0.4, -0.2) is 22.4 Å². The zero-order chi connectivity index (χ0) is 16.9. The Morgan fingerprint density at radius 2 is 2.04 bits per heavy atom. The Hall–Kier alpha value is -2.36. The van der Waals surface area contributed by atoms with E-state index in [2.05, 4.69) is 10.2 Å². The Balaban J connectivity index is 2.01. The molecule has 0 heterocycles. The number of nitrogens with one attached hydrogen (secondary N) is 1. The maximum Gasteiger partial charge on any atom is 0.256 e. The van der Waals surface area contributed by atoms with Crippen LogP contribution in [0, 0.1) is 12.4 Å². The zero-order valence-corrected chi connectivity index (χ0v) is 13.2. The van der Waals surface area contributed by atoms with Crippen molar-refractivity contribution in [2.75, 3.05) is 11.1 Å². The highest BCUT2D eigenvalue weighted by atomic mass is 32.2. The molecule has 1 atom stereocenters. The van der Waals surface area contributed by atoms with E-state index in [1.807, 2.05) is 30.3 Å². The number of carbonyl (C=O) groups excluding carboxylic acids is 1. The fraction of sp³-hybridized carbons (Fsp3) is 0.176. The second kappa shape index (κ2) is 7.27. The number of benzene rings is 2. The summed E-state index contributed by atoms with van der Waals surface area (Å²) in [5.74, 6) is -1.18. The average molecular weight is 330 g/mol. The van der Waals surface area contributed by atoms with E-state index in [-0.39, 0.29) is 17.1 Å². The summed E-state index contributed by atoms with van der Waals surface area (Å²) in [7, 11) is 0. The van der Waals surface area contributed by atoms with Crippen molar-refractivity contribution < 1.29 is 14.3 Å². The van der Waals surface area contributed by atoms with Crippen LogP contribution in [0.5, 0.6) is 0 Å². The predicted molar refractivity (Wildman–Crippen MR) is 89.1 cm³/mol. The van der Waals surface area contributed by atoms with Gasteiger partial charge in [0.2, 0.25) is 5.69 Å². The molecule has 2 N–H and O–H groups in total. The molecule has 23 heavy (non-hydrogen) atoms. The smallest absolute Gasteiger partial charge is 0.256 e. The van der Waals surface area contributed by atoms with Gasteiger partial charge < -0.3 is 10.4 Å². The van der Waals surface area contributed by atoms with E-state index in [4.69, 9.17) is 6.57 Å². The van der Waals surface area contributed by atoms with Gasteiger partial charge in [0.15, 0.2) is 0 Å². The molecule has 0 radical (unpaired) electrons. The van der Waals surface area contributed by atoms with Crippen LogP contribution >= 0.6 is 11.8 Å². The van der Waals surface area contributed by atoms with Gasteiger partial charge in [-0.15, -0.1) is 11.8 Å². The van der Waals surface area contributed by atoms with Gasteiger partial charge in [-0.05, 0) is 31.2 Å². The van der Waals surface area contributed by atoms with Gasteiger partial charge in [-0.25, -0.2) is 9.24 Å². The van der Waals surface area contributed by atoms with Gasteiger partial charge in [-0.1, -0.05) is 24.3 Å². The SMILES string of the molecule is [C-]#[N+]c1ccc(NC(=O)[C@@](C)(O)CSc2ccccc2)cc1F. The van der Waals surface area contributed by atoms with E-state index in [0.29, 0.717) is 0 Å². The maximum atomic E-state index is 13.5. The highest BCUT2D eigenvalue weighted by Gasteiger charge is 2.30. The third kappa shape index (κ3) is 4.55. The second-order valence-electron chi connectivity index (χ2n) is 5.11. The van der Waals surface area contributed by atoms with Gasteiger partial charge in [0, 0.05) is 16.3 Å². The van der Waals surface area contributed by atoms with Crippen LogP contribution in [-0.2, 0) is 4.79 Å². The Morgan fingerprint density at radius 1 is 1.35 bits per heavy atom. The molecule has 2 rings (SSSR count). The standard InChI is InChI=1S/C17H15FN2O2S/c1-17(22,11-23-13-6-4-3-5-7-13)16(21)20-12-8-9-15(19-2)14(18)10-12/h3-10,22H,11H2,1H3,(H,20,21)/t17-/m0/s1. The first-order valence-electron chi connectivity index (χ1n) is 6.81. The number of nitrogens with zero attached hydrogens (tertiary/aromatic N) is 1. The summed E-state index contributed by atoms with van der Waals surface area (Å²) in [5, 5.41) is 12.8. The van der Waals surface area contributed by atoms with Crippen LogP contribution < -0.4 is 5.32 Å². The molecule has 118 valence electrons. The molecule has 0 aromatic heterocycles. The van der Waals surface area contributed by atoms with Gasteiger partial charge in [0.05, 0.1) is 6.57 Å². The molecular formula is C17H15FN2O2S. The molecule has 2 aromatic carbocycles. The van der Waals surface area contributed by atoms with Crippen LogP contribution in [0.4, 0.5) is 15.8 Å². The third-order valence-electron chi connectivity index (χ3n) is 3.08. The maximum absolute atomic E-state index is 13.5. The summed E-state index contributed by atoms with van der Waals surface area (Å²) >= 11 is 1.35. The van der Waals surface area contributed by atoms with Crippen LogP contribution in [0.3, 0.4) is 0 Å².